The highest BCUT2D eigenvalue weighted by molar-refractivity contribution is 5.85. The van der Waals surface area contributed by atoms with Crippen LogP contribution in [0.15, 0.2) is 24.3 Å². The summed E-state index contributed by atoms with van der Waals surface area (Å²) < 4.78 is 0. The van der Waals surface area contributed by atoms with Gasteiger partial charge in [0.2, 0.25) is 11.8 Å². The van der Waals surface area contributed by atoms with Gasteiger partial charge in [-0.05, 0) is 30.9 Å². The number of hydrogen-bond acceptors (Lipinski definition) is 3. The summed E-state index contributed by atoms with van der Waals surface area (Å²) in [7, 11) is 0. The first-order chi connectivity index (χ1) is 10.9. The summed E-state index contributed by atoms with van der Waals surface area (Å²) in [5.74, 6) is 0.0987. The lowest BCUT2D eigenvalue weighted by Crippen LogP contribution is -2.51. The zero-order chi connectivity index (χ0) is 16.9. The third-order valence-electron chi connectivity index (χ3n) is 4.28. The van der Waals surface area contributed by atoms with Crippen molar-refractivity contribution in [2.75, 3.05) is 6.54 Å². The molecule has 0 spiro atoms. The van der Waals surface area contributed by atoms with Gasteiger partial charge < -0.3 is 16.0 Å². The molecule has 2 amide bonds. The summed E-state index contributed by atoms with van der Waals surface area (Å²) in [5.41, 5.74) is 7.32. The van der Waals surface area contributed by atoms with E-state index < -0.39 is 5.54 Å². The van der Waals surface area contributed by atoms with Crippen LogP contribution >= 0.6 is 12.4 Å². The van der Waals surface area contributed by atoms with Gasteiger partial charge in [-0.1, -0.05) is 37.6 Å². The highest BCUT2D eigenvalue weighted by Gasteiger charge is 2.26. The van der Waals surface area contributed by atoms with Gasteiger partial charge in [0.05, 0.1) is 5.54 Å². The molecule has 1 aliphatic rings. The Morgan fingerprint density at radius 2 is 2.08 bits per heavy atom. The topological polar surface area (TPSA) is 75.4 Å². The predicted molar refractivity (Wildman–Crippen MR) is 97.7 cm³/mol. The molecule has 1 heterocycles. The largest absolute Gasteiger partial charge is 0.350 e. The number of carbonyl (C=O) groups is 2. The van der Waals surface area contributed by atoms with Gasteiger partial charge in [-0.25, -0.2) is 0 Å². The molecule has 1 saturated heterocycles. The third-order valence-corrected chi connectivity index (χ3v) is 4.28. The molecule has 1 atom stereocenters. The predicted octanol–water partition coefficient (Wildman–Crippen LogP) is 2.36. The van der Waals surface area contributed by atoms with Crippen molar-refractivity contribution < 1.29 is 9.59 Å². The fourth-order valence-electron chi connectivity index (χ4n) is 2.95. The van der Waals surface area contributed by atoms with Gasteiger partial charge in [0, 0.05) is 26.1 Å². The Morgan fingerprint density at radius 1 is 1.38 bits per heavy atom. The van der Waals surface area contributed by atoms with Crippen LogP contribution in [-0.2, 0) is 22.7 Å². The van der Waals surface area contributed by atoms with Gasteiger partial charge in [0.1, 0.15) is 0 Å². The number of nitrogens with one attached hydrogen (secondary N) is 1. The fraction of sp³-hybridized carbons (Fsp3) is 0.556. The first-order valence-electron chi connectivity index (χ1n) is 8.35. The van der Waals surface area contributed by atoms with Gasteiger partial charge in [-0.3, -0.25) is 9.59 Å². The molecule has 1 unspecified atom stereocenters. The minimum absolute atomic E-state index is 0. The van der Waals surface area contributed by atoms with E-state index in [2.05, 4.69) is 5.32 Å². The normalized spacial score (nSPS) is 16.5. The zero-order valence-corrected chi connectivity index (χ0v) is 15.3. The third kappa shape index (κ3) is 5.49. The highest BCUT2D eigenvalue weighted by Crippen LogP contribution is 2.15. The van der Waals surface area contributed by atoms with Crippen LogP contribution in [0.3, 0.4) is 0 Å². The number of nitrogens with two attached hydrogens (primary N) is 1. The zero-order valence-electron chi connectivity index (χ0n) is 14.5. The number of carbonyl (C=O) groups excluding carboxylic acids is 2. The summed E-state index contributed by atoms with van der Waals surface area (Å²) >= 11 is 0. The number of benzene rings is 1. The Labute approximate surface area is 150 Å². The summed E-state index contributed by atoms with van der Waals surface area (Å²) in [6.45, 7) is 5.72. The monoisotopic (exact) mass is 353 g/mol. The van der Waals surface area contributed by atoms with E-state index in [1.54, 1.807) is 6.92 Å². The number of rotatable bonds is 7. The van der Waals surface area contributed by atoms with Crippen LogP contribution in [0.2, 0.25) is 0 Å². The molecular weight excluding hydrogens is 326 g/mol. The summed E-state index contributed by atoms with van der Waals surface area (Å²) in [4.78, 5) is 25.7. The Hall–Kier alpha value is -1.59. The van der Waals surface area contributed by atoms with Crippen molar-refractivity contribution >= 4 is 24.2 Å². The molecule has 1 aromatic rings. The number of halogens is 1. The molecule has 3 N–H and O–H groups in total. The van der Waals surface area contributed by atoms with Crippen molar-refractivity contribution in [1.29, 1.82) is 0 Å². The average Bonchev–Trinajstić information content (AvgIpc) is 2.90. The summed E-state index contributed by atoms with van der Waals surface area (Å²) in [6.07, 6.45) is 3.14. The number of amides is 2. The van der Waals surface area contributed by atoms with Crippen molar-refractivity contribution in [2.45, 2.75) is 58.2 Å². The number of likely N-dealkylation sites (tertiary alicyclic amines) is 1. The van der Waals surface area contributed by atoms with E-state index in [0.717, 1.165) is 30.5 Å². The molecule has 1 aliphatic heterocycles. The van der Waals surface area contributed by atoms with Gasteiger partial charge in [-0.2, -0.15) is 0 Å². The summed E-state index contributed by atoms with van der Waals surface area (Å²) in [5, 5.41) is 2.91. The maximum Gasteiger partial charge on any atom is 0.240 e. The summed E-state index contributed by atoms with van der Waals surface area (Å²) in [6, 6.07) is 7.99. The van der Waals surface area contributed by atoms with Crippen LogP contribution in [-0.4, -0.2) is 28.8 Å². The van der Waals surface area contributed by atoms with Gasteiger partial charge in [0.25, 0.3) is 0 Å². The lowest BCUT2D eigenvalue weighted by atomic mass is 9.96. The van der Waals surface area contributed by atoms with Crippen LogP contribution in [0.5, 0.6) is 0 Å². The Kier molecular flexibility index (Phi) is 7.70. The van der Waals surface area contributed by atoms with E-state index in [0.29, 0.717) is 25.9 Å². The first-order valence-corrected chi connectivity index (χ1v) is 8.35. The molecule has 134 valence electrons. The van der Waals surface area contributed by atoms with E-state index in [9.17, 15) is 9.59 Å². The second-order valence-electron chi connectivity index (χ2n) is 6.59. The standard InChI is InChI=1S/C18H27N3O2.ClH/c1-3-9-18(2,19)17(23)20-12-14-6-4-7-15(11-14)13-21-10-5-8-16(21)22;/h4,6-7,11H,3,5,8-10,12-13,19H2,1-2H3,(H,20,23);1H. The maximum atomic E-state index is 12.1. The van der Waals surface area contributed by atoms with Gasteiger partial charge >= 0.3 is 0 Å². The molecule has 6 heteroatoms. The van der Waals surface area contributed by atoms with Crippen molar-refractivity contribution in [3.63, 3.8) is 0 Å². The first kappa shape index (κ1) is 20.5. The molecule has 0 aromatic heterocycles. The second-order valence-corrected chi connectivity index (χ2v) is 6.59. The van der Waals surface area contributed by atoms with Crippen molar-refractivity contribution in [2.24, 2.45) is 5.73 Å². The Bertz CT molecular complexity index is 575. The van der Waals surface area contributed by atoms with Crippen molar-refractivity contribution in [3.05, 3.63) is 35.4 Å². The lowest BCUT2D eigenvalue weighted by molar-refractivity contribution is -0.128. The van der Waals surface area contributed by atoms with E-state index >= 15 is 0 Å². The van der Waals surface area contributed by atoms with Crippen LogP contribution in [0.4, 0.5) is 0 Å². The van der Waals surface area contributed by atoms with Crippen LogP contribution in [0.25, 0.3) is 0 Å². The SMILES string of the molecule is CCCC(C)(N)C(=O)NCc1cccc(CN2CCCC2=O)c1.Cl. The molecule has 0 radical (unpaired) electrons. The van der Waals surface area contributed by atoms with Crippen LogP contribution in [0, 0.1) is 0 Å². The Balaban J connectivity index is 0.00000288. The lowest BCUT2D eigenvalue weighted by Gasteiger charge is -2.23. The van der Waals surface area contributed by atoms with Crippen LogP contribution in [0.1, 0.15) is 50.7 Å². The van der Waals surface area contributed by atoms with E-state index in [4.69, 9.17) is 5.73 Å². The quantitative estimate of drug-likeness (QED) is 0.790. The minimum atomic E-state index is -0.825. The maximum absolute atomic E-state index is 12.1. The van der Waals surface area contributed by atoms with Crippen molar-refractivity contribution in [1.82, 2.24) is 10.2 Å². The molecule has 5 nitrogen and oxygen atoms in total. The van der Waals surface area contributed by atoms with Crippen molar-refractivity contribution in [3.8, 4) is 0 Å². The number of nitrogens with zero attached hydrogens (tertiary/aromatic N) is 1. The second kappa shape index (κ2) is 9.04. The van der Waals surface area contributed by atoms with Gasteiger partial charge in [-0.15, -0.1) is 12.4 Å². The molecule has 24 heavy (non-hydrogen) atoms. The molecular formula is C18H28ClN3O2. The van der Waals surface area contributed by atoms with E-state index in [-0.39, 0.29) is 24.2 Å². The minimum Gasteiger partial charge on any atom is -0.350 e. The molecule has 0 aliphatic carbocycles. The van der Waals surface area contributed by atoms with E-state index in [1.807, 2.05) is 36.1 Å². The highest BCUT2D eigenvalue weighted by atomic mass is 35.5. The van der Waals surface area contributed by atoms with Gasteiger partial charge in [0.15, 0.2) is 0 Å². The number of hydrogen-bond donors (Lipinski definition) is 2. The smallest absolute Gasteiger partial charge is 0.240 e. The molecule has 0 bridgehead atoms. The average molecular weight is 354 g/mol. The Morgan fingerprint density at radius 3 is 2.71 bits per heavy atom. The fourth-order valence-corrected chi connectivity index (χ4v) is 2.95. The molecule has 2 rings (SSSR count). The van der Waals surface area contributed by atoms with Crippen LogP contribution < -0.4 is 11.1 Å². The van der Waals surface area contributed by atoms with E-state index in [1.165, 1.54) is 0 Å². The molecule has 0 saturated carbocycles. The molecule has 1 aromatic carbocycles. The molecule has 1 fully saturated rings.